The van der Waals surface area contributed by atoms with Crippen molar-refractivity contribution in [3.05, 3.63) is 12.2 Å². The lowest BCUT2D eigenvalue weighted by atomic mass is 9.54. The fourth-order valence-electron chi connectivity index (χ4n) is 8.13. The zero-order valence-corrected chi connectivity index (χ0v) is 15.7. The molecule has 7 unspecified atom stereocenters. The minimum Gasteiger partial charge on any atom is -0.466 e. The van der Waals surface area contributed by atoms with Crippen LogP contribution in [0.15, 0.2) is 12.2 Å². The van der Waals surface area contributed by atoms with Gasteiger partial charge >= 0.3 is 11.9 Å². The third-order valence-corrected chi connectivity index (χ3v) is 8.80. The maximum Gasteiger partial charge on any atom is 0.333 e. The molecular formula is C22H30O4. The van der Waals surface area contributed by atoms with Crippen LogP contribution in [0.1, 0.15) is 57.8 Å². The zero-order chi connectivity index (χ0) is 18.1. The fourth-order valence-corrected chi connectivity index (χ4v) is 8.13. The Morgan fingerprint density at radius 3 is 2.50 bits per heavy atom. The standard InChI is InChI=1S/C22H30O4/c1-12(20(23)25-2)22-14-8-7-13(9-14)19(22)17-10-15(22)11-18(17)21(24)26-16-5-3-4-6-16/h13-19H,1,3-11H2,2H3. The lowest BCUT2D eigenvalue weighted by Crippen LogP contribution is -2.48. The van der Waals surface area contributed by atoms with Gasteiger partial charge in [0.25, 0.3) is 0 Å². The lowest BCUT2D eigenvalue weighted by Gasteiger charge is -2.49. The molecule has 26 heavy (non-hydrogen) atoms. The number of methoxy groups -OCH3 is 1. The predicted molar refractivity (Wildman–Crippen MR) is 96.0 cm³/mol. The number of rotatable bonds is 4. The van der Waals surface area contributed by atoms with E-state index in [1.807, 2.05) is 0 Å². The largest absolute Gasteiger partial charge is 0.466 e. The molecule has 0 aromatic rings. The third-order valence-electron chi connectivity index (χ3n) is 8.80. The maximum absolute atomic E-state index is 12.9. The highest BCUT2D eigenvalue weighted by atomic mass is 16.5. The van der Waals surface area contributed by atoms with Gasteiger partial charge in [-0.05, 0) is 87.4 Å². The molecule has 4 bridgehead atoms. The molecule has 0 amide bonds. The molecule has 4 heteroatoms. The van der Waals surface area contributed by atoms with E-state index in [2.05, 4.69) is 6.58 Å². The summed E-state index contributed by atoms with van der Waals surface area (Å²) in [4.78, 5) is 25.3. The van der Waals surface area contributed by atoms with Crippen molar-refractivity contribution in [1.29, 1.82) is 0 Å². The van der Waals surface area contributed by atoms with Gasteiger partial charge in [-0.25, -0.2) is 4.79 Å². The van der Waals surface area contributed by atoms with E-state index < -0.39 is 0 Å². The Balaban J connectivity index is 1.41. The van der Waals surface area contributed by atoms with Crippen LogP contribution in [-0.4, -0.2) is 25.2 Å². The smallest absolute Gasteiger partial charge is 0.333 e. The summed E-state index contributed by atoms with van der Waals surface area (Å²) in [7, 11) is 1.46. The molecule has 0 spiro atoms. The second kappa shape index (κ2) is 5.84. The normalized spacial score (nSPS) is 45.7. The Hall–Kier alpha value is -1.32. The Bertz CT molecular complexity index is 649. The van der Waals surface area contributed by atoms with Crippen molar-refractivity contribution < 1.29 is 19.1 Å². The lowest BCUT2D eigenvalue weighted by molar-refractivity contribution is -0.158. The van der Waals surface area contributed by atoms with Gasteiger partial charge in [0.15, 0.2) is 0 Å². The van der Waals surface area contributed by atoms with Crippen LogP contribution < -0.4 is 0 Å². The SMILES string of the molecule is C=C(C(=O)OC)C12C3CCC(C3)C1C1CC2CC1C(=O)OC1CCCC1. The molecule has 0 saturated heterocycles. The van der Waals surface area contributed by atoms with Gasteiger partial charge in [0.2, 0.25) is 0 Å². The molecule has 0 aromatic heterocycles. The van der Waals surface area contributed by atoms with Gasteiger partial charge in [-0.15, -0.1) is 0 Å². The van der Waals surface area contributed by atoms with E-state index >= 15 is 0 Å². The Labute approximate surface area is 155 Å². The molecule has 5 saturated carbocycles. The molecule has 5 aliphatic carbocycles. The van der Waals surface area contributed by atoms with Gasteiger partial charge in [-0.3, -0.25) is 4.79 Å². The maximum atomic E-state index is 12.9. The van der Waals surface area contributed by atoms with Crippen LogP contribution in [0.3, 0.4) is 0 Å². The molecule has 7 atom stereocenters. The molecule has 0 aromatic carbocycles. The molecule has 5 fully saturated rings. The number of hydrogen-bond acceptors (Lipinski definition) is 4. The Kier molecular flexibility index (Phi) is 3.78. The van der Waals surface area contributed by atoms with Crippen LogP contribution >= 0.6 is 0 Å². The second-order valence-electron chi connectivity index (χ2n) is 9.48. The van der Waals surface area contributed by atoms with Gasteiger partial charge in [-0.2, -0.15) is 0 Å². The van der Waals surface area contributed by atoms with Crippen molar-refractivity contribution in [3.8, 4) is 0 Å². The van der Waals surface area contributed by atoms with Crippen molar-refractivity contribution in [3.63, 3.8) is 0 Å². The Morgan fingerprint density at radius 1 is 1.00 bits per heavy atom. The van der Waals surface area contributed by atoms with Gasteiger partial charge in [0.1, 0.15) is 6.10 Å². The molecule has 0 heterocycles. The van der Waals surface area contributed by atoms with Crippen LogP contribution in [0.2, 0.25) is 0 Å². The summed E-state index contributed by atoms with van der Waals surface area (Å²) in [6.45, 7) is 4.24. The topological polar surface area (TPSA) is 52.6 Å². The van der Waals surface area contributed by atoms with E-state index in [1.165, 1.54) is 39.2 Å². The molecule has 0 radical (unpaired) electrons. The number of esters is 2. The number of ether oxygens (including phenoxy) is 2. The van der Waals surface area contributed by atoms with Gasteiger partial charge in [0, 0.05) is 11.0 Å². The summed E-state index contributed by atoms with van der Waals surface area (Å²) in [5.74, 6) is 2.29. The van der Waals surface area contributed by atoms with E-state index in [0.717, 1.165) is 25.7 Å². The fraction of sp³-hybridized carbons (Fsp3) is 0.818. The average Bonchev–Trinajstić information content (AvgIpc) is 3.44. The molecule has 0 N–H and O–H groups in total. The minimum absolute atomic E-state index is 0.0449. The number of hydrogen-bond donors (Lipinski definition) is 0. The van der Waals surface area contributed by atoms with Crippen molar-refractivity contribution in [1.82, 2.24) is 0 Å². The highest BCUT2D eigenvalue weighted by molar-refractivity contribution is 5.90. The highest BCUT2D eigenvalue weighted by Gasteiger charge is 2.73. The first kappa shape index (κ1) is 16.8. The molecule has 142 valence electrons. The second-order valence-corrected chi connectivity index (χ2v) is 9.48. The van der Waals surface area contributed by atoms with E-state index in [4.69, 9.17) is 9.47 Å². The first-order chi connectivity index (χ1) is 12.6. The first-order valence-corrected chi connectivity index (χ1v) is 10.6. The molecule has 0 aliphatic heterocycles. The van der Waals surface area contributed by atoms with E-state index in [9.17, 15) is 9.59 Å². The van der Waals surface area contributed by atoms with Gasteiger partial charge in [0.05, 0.1) is 13.0 Å². The molecular weight excluding hydrogens is 328 g/mol. The third kappa shape index (κ3) is 2.02. The summed E-state index contributed by atoms with van der Waals surface area (Å²) in [6.07, 6.45) is 10.2. The van der Waals surface area contributed by atoms with Crippen LogP contribution in [0.5, 0.6) is 0 Å². The van der Waals surface area contributed by atoms with Gasteiger partial charge < -0.3 is 9.47 Å². The summed E-state index contributed by atoms with van der Waals surface area (Å²) in [5.41, 5.74) is 0.609. The van der Waals surface area contributed by atoms with Crippen molar-refractivity contribution >= 4 is 11.9 Å². The molecule has 5 rings (SSSR count). The van der Waals surface area contributed by atoms with E-state index in [-0.39, 0.29) is 29.4 Å². The minimum atomic E-state index is -0.236. The number of fused-ring (bicyclic) bond motifs is 9. The average molecular weight is 358 g/mol. The van der Waals surface area contributed by atoms with Crippen LogP contribution in [0.4, 0.5) is 0 Å². The van der Waals surface area contributed by atoms with Crippen LogP contribution in [0, 0.1) is 40.9 Å². The highest BCUT2D eigenvalue weighted by Crippen LogP contribution is 2.77. The Morgan fingerprint density at radius 2 is 1.77 bits per heavy atom. The first-order valence-electron chi connectivity index (χ1n) is 10.6. The zero-order valence-electron chi connectivity index (χ0n) is 15.7. The summed E-state index contributed by atoms with van der Waals surface area (Å²) in [6, 6.07) is 0. The van der Waals surface area contributed by atoms with Crippen molar-refractivity contribution in [2.45, 2.75) is 63.9 Å². The monoisotopic (exact) mass is 358 g/mol. The summed E-state index contributed by atoms with van der Waals surface area (Å²) >= 11 is 0. The number of carbonyl (C=O) groups is 2. The molecule has 5 aliphatic rings. The van der Waals surface area contributed by atoms with Crippen molar-refractivity contribution in [2.24, 2.45) is 40.9 Å². The summed E-state index contributed by atoms with van der Waals surface area (Å²) in [5, 5.41) is 0. The van der Waals surface area contributed by atoms with Crippen molar-refractivity contribution in [2.75, 3.05) is 7.11 Å². The van der Waals surface area contributed by atoms with E-state index in [0.29, 0.717) is 35.2 Å². The quantitative estimate of drug-likeness (QED) is 0.435. The van der Waals surface area contributed by atoms with Crippen LogP contribution in [0.25, 0.3) is 0 Å². The predicted octanol–water partition coefficient (Wildman–Crippen LogP) is 3.89. The number of carbonyl (C=O) groups excluding carboxylic acids is 2. The summed E-state index contributed by atoms with van der Waals surface area (Å²) < 4.78 is 11.0. The van der Waals surface area contributed by atoms with Crippen LogP contribution in [-0.2, 0) is 19.1 Å². The van der Waals surface area contributed by atoms with E-state index in [1.54, 1.807) is 0 Å². The molecule has 4 nitrogen and oxygen atoms in total. The van der Waals surface area contributed by atoms with Gasteiger partial charge in [-0.1, -0.05) is 6.58 Å².